The molecule has 0 spiro atoms. The summed E-state index contributed by atoms with van der Waals surface area (Å²) in [6.45, 7) is 0. The van der Waals surface area contributed by atoms with E-state index < -0.39 is 6.03 Å². The molecule has 2 aromatic heterocycles. The van der Waals surface area contributed by atoms with Crippen molar-refractivity contribution in [2.75, 3.05) is 19.5 Å². The Morgan fingerprint density at radius 1 is 1.12 bits per heavy atom. The van der Waals surface area contributed by atoms with Gasteiger partial charge >= 0.3 is 6.03 Å². The number of hydrogen-bond acceptors (Lipinski definition) is 6. The summed E-state index contributed by atoms with van der Waals surface area (Å²) in [5.41, 5.74) is 10.6. The first-order valence-electron chi connectivity index (χ1n) is 7.92. The van der Waals surface area contributed by atoms with E-state index in [1.165, 1.54) is 11.1 Å². The average molecular weight is 352 g/mol. The van der Waals surface area contributed by atoms with Crippen LogP contribution in [0.25, 0.3) is 22.7 Å². The molecule has 0 aliphatic heterocycles. The molecule has 3 N–H and O–H groups in total. The van der Waals surface area contributed by atoms with Crippen LogP contribution >= 0.6 is 0 Å². The van der Waals surface area contributed by atoms with Crippen molar-refractivity contribution in [3.05, 3.63) is 53.8 Å². The molecule has 0 saturated carbocycles. The van der Waals surface area contributed by atoms with Crippen molar-refractivity contribution >= 4 is 11.8 Å². The summed E-state index contributed by atoms with van der Waals surface area (Å²) in [5, 5.41) is 5.58. The van der Waals surface area contributed by atoms with Gasteiger partial charge in [-0.3, -0.25) is 4.79 Å². The summed E-state index contributed by atoms with van der Waals surface area (Å²) in [6, 6.07) is 10.2. The summed E-state index contributed by atoms with van der Waals surface area (Å²) in [5.74, 6) is 0.280. The molecule has 0 unspecified atom stereocenters. The van der Waals surface area contributed by atoms with Crippen molar-refractivity contribution < 1.29 is 14.0 Å². The fraction of sp³-hybridized carbons (Fsp3) is 0.118. The Balaban J connectivity index is 1.86. The number of benzene rings is 1. The maximum absolute atomic E-state index is 12.9. The fourth-order valence-electron chi connectivity index (χ4n) is 3.02. The monoisotopic (exact) mass is 352 g/mol. The van der Waals surface area contributed by atoms with Gasteiger partial charge in [-0.1, -0.05) is 24.3 Å². The molecule has 9 nitrogen and oxygen atoms in total. The lowest BCUT2D eigenvalue weighted by molar-refractivity contribution is 0.104. The molecule has 2 heterocycles. The zero-order valence-electron chi connectivity index (χ0n) is 14.1. The van der Waals surface area contributed by atoms with Gasteiger partial charge in [-0.2, -0.15) is 15.0 Å². The fourth-order valence-corrected chi connectivity index (χ4v) is 3.02. The number of furan rings is 1. The van der Waals surface area contributed by atoms with Crippen molar-refractivity contribution in [2.45, 2.75) is 0 Å². The van der Waals surface area contributed by atoms with Gasteiger partial charge in [0.15, 0.2) is 11.5 Å². The van der Waals surface area contributed by atoms with Crippen molar-refractivity contribution in [1.29, 1.82) is 0 Å². The van der Waals surface area contributed by atoms with E-state index in [1.807, 2.05) is 18.2 Å². The molecule has 0 fully saturated rings. The number of ketones is 1. The number of hydrogen-bond donors (Lipinski definition) is 3. The first-order chi connectivity index (χ1) is 12.7. The summed E-state index contributed by atoms with van der Waals surface area (Å²) in [4.78, 5) is 26.5. The SMILES string of the molecule is CNN(NC)C(=O)Nn1nc2c(c1-c1ccco1)C(=O)c1ccccc1-2. The molecular formula is C17H16N6O3. The Labute approximate surface area is 148 Å². The number of rotatable bonds is 4. The van der Waals surface area contributed by atoms with E-state index in [1.54, 1.807) is 32.3 Å². The second kappa shape index (κ2) is 6.14. The van der Waals surface area contributed by atoms with E-state index in [0.29, 0.717) is 28.3 Å². The third-order valence-corrected chi connectivity index (χ3v) is 4.15. The highest BCUT2D eigenvalue weighted by molar-refractivity contribution is 6.23. The Kier molecular flexibility index (Phi) is 3.79. The second-order valence-electron chi connectivity index (χ2n) is 5.54. The summed E-state index contributed by atoms with van der Waals surface area (Å²) < 4.78 is 5.48. The van der Waals surface area contributed by atoms with Gasteiger partial charge in [-0.05, 0) is 12.1 Å². The number of hydrazine groups is 2. The first kappa shape index (κ1) is 16.1. The number of fused-ring (bicyclic) bond motifs is 3. The normalized spacial score (nSPS) is 12.0. The number of nitrogens with zero attached hydrogens (tertiary/aromatic N) is 3. The van der Waals surface area contributed by atoms with Gasteiger partial charge in [0.2, 0.25) is 0 Å². The lowest BCUT2D eigenvalue weighted by Crippen LogP contribution is -2.52. The number of nitrogens with one attached hydrogen (secondary N) is 3. The van der Waals surface area contributed by atoms with Gasteiger partial charge < -0.3 is 4.42 Å². The van der Waals surface area contributed by atoms with Crippen LogP contribution < -0.4 is 16.3 Å². The van der Waals surface area contributed by atoms with E-state index in [4.69, 9.17) is 4.42 Å². The van der Waals surface area contributed by atoms with Crippen molar-refractivity contribution in [3.63, 3.8) is 0 Å². The predicted octanol–water partition coefficient (Wildman–Crippen LogP) is 1.59. The van der Waals surface area contributed by atoms with Crippen LogP contribution in [-0.4, -0.2) is 40.9 Å². The topological polar surface area (TPSA) is 104 Å². The third-order valence-electron chi connectivity index (χ3n) is 4.15. The number of carbonyl (C=O) groups is 2. The number of urea groups is 1. The van der Waals surface area contributed by atoms with Gasteiger partial charge in [-0.15, -0.1) is 0 Å². The van der Waals surface area contributed by atoms with Crippen LogP contribution in [0.5, 0.6) is 0 Å². The number of aromatic nitrogens is 2. The number of amides is 2. The number of carbonyl (C=O) groups excluding carboxylic acids is 2. The van der Waals surface area contributed by atoms with Gasteiger partial charge in [0, 0.05) is 25.2 Å². The molecule has 0 bridgehead atoms. The Hall–Kier alpha value is -3.43. The van der Waals surface area contributed by atoms with Crippen LogP contribution in [-0.2, 0) is 0 Å². The smallest absolute Gasteiger partial charge is 0.367 e. The van der Waals surface area contributed by atoms with Crippen LogP contribution in [0.2, 0.25) is 0 Å². The molecule has 132 valence electrons. The second-order valence-corrected chi connectivity index (χ2v) is 5.54. The minimum atomic E-state index is -0.510. The minimum absolute atomic E-state index is 0.151. The highest BCUT2D eigenvalue weighted by Gasteiger charge is 2.36. The van der Waals surface area contributed by atoms with Crippen LogP contribution in [0.1, 0.15) is 15.9 Å². The minimum Gasteiger partial charge on any atom is -0.463 e. The molecule has 0 saturated heterocycles. The van der Waals surface area contributed by atoms with Crippen molar-refractivity contribution in [3.8, 4) is 22.7 Å². The van der Waals surface area contributed by atoms with Crippen LogP contribution in [0.4, 0.5) is 4.79 Å². The highest BCUT2D eigenvalue weighted by Crippen LogP contribution is 2.40. The zero-order valence-corrected chi connectivity index (χ0v) is 14.1. The van der Waals surface area contributed by atoms with Gasteiger partial charge in [0.05, 0.1) is 11.8 Å². The quantitative estimate of drug-likeness (QED) is 0.482. The lowest BCUT2D eigenvalue weighted by atomic mass is 10.1. The van der Waals surface area contributed by atoms with E-state index in [2.05, 4.69) is 21.4 Å². The van der Waals surface area contributed by atoms with Crippen LogP contribution in [0, 0.1) is 0 Å². The summed E-state index contributed by atoms with van der Waals surface area (Å²) in [7, 11) is 3.18. The lowest BCUT2D eigenvalue weighted by Gasteiger charge is -2.20. The van der Waals surface area contributed by atoms with E-state index in [-0.39, 0.29) is 5.78 Å². The standard InChI is InChI=1S/C17H16N6O3/c1-18-23(19-2)17(25)21-22-15(12-8-5-9-26-12)13-14(20-22)10-6-3-4-7-11(10)16(13)24/h3-9,18-19H,1-2H3,(H,21,25). The molecule has 2 amide bonds. The van der Waals surface area contributed by atoms with E-state index in [9.17, 15) is 9.59 Å². The molecular weight excluding hydrogens is 336 g/mol. The molecule has 1 aliphatic rings. The maximum atomic E-state index is 12.9. The highest BCUT2D eigenvalue weighted by atomic mass is 16.3. The Morgan fingerprint density at radius 2 is 1.85 bits per heavy atom. The molecule has 4 rings (SSSR count). The molecule has 0 atom stereocenters. The van der Waals surface area contributed by atoms with E-state index >= 15 is 0 Å². The molecule has 0 radical (unpaired) electrons. The van der Waals surface area contributed by atoms with Crippen LogP contribution in [0.3, 0.4) is 0 Å². The Bertz CT molecular complexity index is 988. The molecule has 9 heteroatoms. The van der Waals surface area contributed by atoms with Gasteiger partial charge in [-0.25, -0.2) is 21.1 Å². The first-order valence-corrected chi connectivity index (χ1v) is 7.92. The van der Waals surface area contributed by atoms with Gasteiger partial charge in [0.25, 0.3) is 0 Å². The van der Waals surface area contributed by atoms with Gasteiger partial charge in [0.1, 0.15) is 11.4 Å². The average Bonchev–Trinajstić information content (AvgIpc) is 3.34. The zero-order chi connectivity index (χ0) is 18.3. The molecule has 3 aromatic rings. The Morgan fingerprint density at radius 3 is 2.50 bits per heavy atom. The molecule has 1 aliphatic carbocycles. The van der Waals surface area contributed by atoms with Crippen molar-refractivity contribution in [2.24, 2.45) is 0 Å². The summed E-state index contributed by atoms with van der Waals surface area (Å²) >= 11 is 0. The summed E-state index contributed by atoms with van der Waals surface area (Å²) in [6.07, 6.45) is 1.50. The van der Waals surface area contributed by atoms with Crippen molar-refractivity contribution in [1.82, 2.24) is 25.9 Å². The molecule has 26 heavy (non-hydrogen) atoms. The molecule has 1 aromatic carbocycles. The maximum Gasteiger partial charge on any atom is 0.367 e. The predicted molar refractivity (Wildman–Crippen MR) is 93.5 cm³/mol. The third kappa shape index (κ3) is 2.30. The largest absolute Gasteiger partial charge is 0.463 e. The van der Waals surface area contributed by atoms with E-state index in [0.717, 1.165) is 10.7 Å². The van der Waals surface area contributed by atoms with Crippen LogP contribution in [0.15, 0.2) is 47.1 Å².